The fourth-order valence-electron chi connectivity index (χ4n) is 2.07. The number of carbonyl (C=O) groups is 2. The Morgan fingerprint density at radius 1 is 1.27 bits per heavy atom. The molecule has 0 unspecified atom stereocenters. The minimum Gasteiger partial charge on any atom is -0.351 e. The standard InChI is InChI=1S/C18H22N2O2/c1-5-7-10-13(3)14(4)20(18(19)22)16-12-9-8-11-15(16)17(21)6-2/h5,7-12H,1,6H2,2-4H3,(H2,19,22)/b10-7-,14-13+. The van der Waals surface area contributed by atoms with E-state index < -0.39 is 6.03 Å². The van der Waals surface area contributed by atoms with E-state index in [0.717, 1.165) is 5.57 Å². The summed E-state index contributed by atoms with van der Waals surface area (Å²) in [4.78, 5) is 25.4. The van der Waals surface area contributed by atoms with Gasteiger partial charge >= 0.3 is 6.03 Å². The average Bonchev–Trinajstić information content (AvgIpc) is 2.52. The van der Waals surface area contributed by atoms with E-state index >= 15 is 0 Å². The predicted octanol–water partition coefficient (Wildman–Crippen LogP) is 4.20. The van der Waals surface area contributed by atoms with Crippen LogP contribution in [0.3, 0.4) is 0 Å². The van der Waals surface area contributed by atoms with Gasteiger partial charge in [0.15, 0.2) is 5.78 Å². The summed E-state index contributed by atoms with van der Waals surface area (Å²) < 4.78 is 0. The Morgan fingerprint density at radius 2 is 1.91 bits per heavy atom. The summed E-state index contributed by atoms with van der Waals surface area (Å²) in [5.74, 6) is -0.0334. The number of allylic oxidation sites excluding steroid dienone is 5. The number of hydrogen-bond donors (Lipinski definition) is 1. The normalized spacial score (nSPS) is 12.0. The summed E-state index contributed by atoms with van der Waals surface area (Å²) in [6.07, 6.45) is 5.63. The molecule has 0 spiro atoms. The molecule has 2 amide bonds. The number of hydrogen-bond acceptors (Lipinski definition) is 2. The maximum atomic E-state index is 12.1. The molecule has 0 radical (unpaired) electrons. The molecule has 0 aliphatic heterocycles. The number of rotatable bonds is 6. The molecule has 1 aromatic carbocycles. The largest absolute Gasteiger partial charge is 0.351 e. The van der Waals surface area contributed by atoms with Crippen LogP contribution in [0.25, 0.3) is 0 Å². The molecule has 0 aromatic heterocycles. The van der Waals surface area contributed by atoms with Gasteiger partial charge in [-0.25, -0.2) is 4.79 Å². The van der Waals surface area contributed by atoms with Gasteiger partial charge in [-0.05, 0) is 31.6 Å². The van der Waals surface area contributed by atoms with Gasteiger partial charge in [-0.2, -0.15) is 0 Å². The van der Waals surface area contributed by atoms with Crippen molar-refractivity contribution in [3.63, 3.8) is 0 Å². The maximum absolute atomic E-state index is 12.1. The van der Waals surface area contributed by atoms with E-state index in [0.29, 0.717) is 23.4 Å². The monoisotopic (exact) mass is 298 g/mol. The quantitative estimate of drug-likeness (QED) is 0.632. The van der Waals surface area contributed by atoms with Gasteiger partial charge < -0.3 is 5.73 Å². The smallest absolute Gasteiger partial charge is 0.323 e. The molecule has 0 saturated carbocycles. The van der Waals surface area contributed by atoms with E-state index in [1.165, 1.54) is 4.90 Å². The third-order valence-electron chi connectivity index (χ3n) is 3.38. The second-order valence-corrected chi connectivity index (χ2v) is 4.83. The van der Waals surface area contributed by atoms with Crippen molar-refractivity contribution in [3.05, 3.63) is 65.9 Å². The summed E-state index contributed by atoms with van der Waals surface area (Å²) in [6, 6.07) is 6.36. The first-order valence-electron chi connectivity index (χ1n) is 7.12. The number of primary amides is 1. The minimum atomic E-state index is -0.625. The van der Waals surface area contributed by atoms with E-state index in [-0.39, 0.29) is 5.78 Å². The maximum Gasteiger partial charge on any atom is 0.323 e. The molecular weight excluding hydrogens is 276 g/mol. The summed E-state index contributed by atoms with van der Waals surface area (Å²) in [5.41, 5.74) is 8.07. The topological polar surface area (TPSA) is 63.4 Å². The lowest BCUT2D eigenvalue weighted by Crippen LogP contribution is -2.35. The van der Waals surface area contributed by atoms with Crippen LogP contribution in [0.1, 0.15) is 37.6 Å². The summed E-state index contributed by atoms with van der Waals surface area (Å²) in [5, 5.41) is 0. The molecule has 0 heterocycles. The second kappa shape index (κ2) is 7.98. The number of amides is 2. The van der Waals surface area contributed by atoms with Crippen LogP contribution >= 0.6 is 0 Å². The SMILES string of the molecule is C=C/C=C\C(C)=C(/C)N(C(N)=O)c1ccccc1C(=O)CC. The fourth-order valence-corrected chi connectivity index (χ4v) is 2.07. The molecule has 1 rings (SSSR count). The predicted molar refractivity (Wildman–Crippen MR) is 90.8 cm³/mol. The van der Waals surface area contributed by atoms with Gasteiger partial charge in [-0.3, -0.25) is 9.69 Å². The van der Waals surface area contributed by atoms with Crippen molar-refractivity contribution in [1.29, 1.82) is 0 Å². The van der Waals surface area contributed by atoms with E-state index in [9.17, 15) is 9.59 Å². The first-order valence-corrected chi connectivity index (χ1v) is 7.12. The van der Waals surface area contributed by atoms with Crippen molar-refractivity contribution in [2.24, 2.45) is 5.73 Å². The van der Waals surface area contributed by atoms with Crippen LogP contribution in [-0.2, 0) is 0 Å². The molecule has 2 N–H and O–H groups in total. The van der Waals surface area contributed by atoms with Crippen molar-refractivity contribution >= 4 is 17.5 Å². The molecule has 4 nitrogen and oxygen atoms in total. The van der Waals surface area contributed by atoms with Gasteiger partial charge in [0.2, 0.25) is 0 Å². The lowest BCUT2D eigenvalue weighted by molar-refractivity contribution is 0.0989. The lowest BCUT2D eigenvalue weighted by atomic mass is 10.0. The highest BCUT2D eigenvalue weighted by Crippen LogP contribution is 2.26. The Hall–Kier alpha value is -2.62. The Balaban J connectivity index is 3.46. The number of nitrogens with two attached hydrogens (primary N) is 1. The highest BCUT2D eigenvalue weighted by Gasteiger charge is 2.21. The third-order valence-corrected chi connectivity index (χ3v) is 3.38. The van der Waals surface area contributed by atoms with Crippen LogP contribution in [0.4, 0.5) is 10.5 Å². The minimum absolute atomic E-state index is 0.0334. The number of para-hydroxylation sites is 1. The van der Waals surface area contributed by atoms with E-state index in [1.54, 1.807) is 50.3 Å². The highest BCUT2D eigenvalue weighted by molar-refractivity contribution is 6.06. The zero-order valence-corrected chi connectivity index (χ0v) is 13.3. The molecule has 0 saturated heterocycles. The number of anilines is 1. The van der Waals surface area contributed by atoms with Gasteiger partial charge in [-0.15, -0.1) is 0 Å². The Bertz CT molecular complexity index is 642. The molecule has 0 atom stereocenters. The summed E-state index contributed by atoms with van der Waals surface area (Å²) >= 11 is 0. The van der Waals surface area contributed by atoms with Crippen molar-refractivity contribution < 1.29 is 9.59 Å². The van der Waals surface area contributed by atoms with Gasteiger partial charge in [-0.1, -0.05) is 43.9 Å². The molecule has 22 heavy (non-hydrogen) atoms. The molecule has 1 aromatic rings. The molecule has 0 aliphatic carbocycles. The molecule has 0 fully saturated rings. The highest BCUT2D eigenvalue weighted by atomic mass is 16.2. The Morgan fingerprint density at radius 3 is 2.45 bits per heavy atom. The molecule has 0 bridgehead atoms. The van der Waals surface area contributed by atoms with E-state index in [1.807, 2.05) is 13.0 Å². The van der Waals surface area contributed by atoms with Crippen LogP contribution in [0, 0.1) is 0 Å². The third kappa shape index (κ3) is 3.95. The Labute approximate surface area is 131 Å². The van der Waals surface area contributed by atoms with Crippen LogP contribution in [0.15, 0.2) is 60.3 Å². The Kier molecular flexibility index (Phi) is 6.32. The lowest BCUT2D eigenvalue weighted by Gasteiger charge is -2.24. The van der Waals surface area contributed by atoms with E-state index in [4.69, 9.17) is 5.73 Å². The average molecular weight is 298 g/mol. The van der Waals surface area contributed by atoms with Crippen LogP contribution < -0.4 is 10.6 Å². The van der Waals surface area contributed by atoms with Gasteiger partial charge in [0.1, 0.15) is 0 Å². The van der Waals surface area contributed by atoms with Gasteiger partial charge in [0, 0.05) is 17.7 Å². The van der Waals surface area contributed by atoms with Crippen LogP contribution in [-0.4, -0.2) is 11.8 Å². The van der Waals surface area contributed by atoms with Crippen molar-refractivity contribution in [2.45, 2.75) is 27.2 Å². The van der Waals surface area contributed by atoms with Gasteiger partial charge in [0.25, 0.3) is 0 Å². The zero-order chi connectivity index (χ0) is 16.7. The molecule has 116 valence electrons. The molecule has 4 heteroatoms. The number of benzene rings is 1. The van der Waals surface area contributed by atoms with Crippen LogP contribution in [0.5, 0.6) is 0 Å². The fraction of sp³-hybridized carbons (Fsp3) is 0.222. The second-order valence-electron chi connectivity index (χ2n) is 4.83. The number of ketones is 1. The number of Topliss-reactive ketones (excluding diaryl/α,β-unsaturated/α-hetero) is 1. The van der Waals surface area contributed by atoms with Crippen molar-refractivity contribution in [3.8, 4) is 0 Å². The van der Waals surface area contributed by atoms with Crippen LogP contribution in [0.2, 0.25) is 0 Å². The summed E-state index contributed by atoms with van der Waals surface area (Å²) in [6.45, 7) is 9.07. The number of nitrogens with zero attached hydrogens (tertiary/aromatic N) is 1. The summed E-state index contributed by atoms with van der Waals surface area (Å²) in [7, 11) is 0. The number of urea groups is 1. The van der Waals surface area contributed by atoms with Crippen molar-refractivity contribution in [1.82, 2.24) is 0 Å². The molecular formula is C18H22N2O2. The molecule has 0 aliphatic rings. The zero-order valence-electron chi connectivity index (χ0n) is 13.3. The van der Waals surface area contributed by atoms with Crippen molar-refractivity contribution in [2.75, 3.05) is 4.90 Å². The number of carbonyl (C=O) groups excluding carboxylic acids is 2. The van der Waals surface area contributed by atoms with Gasteiger partial charge in [0.05, 0.1) is 5.69 Å². The van der Waals surface area contributed by atoms with E-state index in [2.05, 4.69) is 6.58 Å². The first kappa shape index (κ1) is 17.4. The first-order chi connectivity index (χ1) is 10.4.